The van der Waals surface area contributed by atoms with Crippen LogP contribution < -0.4 is 5.32 Å². The predicted octanol–water partition coefficient (Wildman–Crippen LogP) is 3.92. The topological polar surface area (TPSA) is 29.9 Å². The summed E-state index contributed by atoms with van der Waals surface area (Å²) in [6.07, 6.45) is 6.69. The van der Waals surface area contributed by atoms with Crippen molar-refractivity contribution in [2.45, 2.75) is 72.0 Å². The molecule has 1 saturated carbocycles. The van der Waals surface area contributed by atoms with Gasteiger partial charge in [-0.1, -0.05) is 37.8 Å². The summed E-state index contributed by atoms with van der Waals surface area (Å²) in [7, 11) is 0. The van der Waals surface area contributed by atoms with Gasteiger partial charge >= 0.3 is 0 Å². The van der Waals surface area contributed by atoms with E-state index in [0.717, 1.165) is 35.4 Å². The van der Waals surface area contributed by atoms with Crippen LogP contribution in [0.2, 0.25) is 5.02 Å². The van der Waals surface area contributed by atoms with Crippen molar-refractivity contribution in [3.63, 3.8) is 0 Å². The standard InChI is InChI=1S/C15H26ClN3/c1-4-12-8-6-7-9-13(12)17-10-14-15(16)11(3)18-19(14)5-2/h12-13,17H,4-10H2,1-3H3. The third kappa shape index (κ3) is 3.32. The molecule has 1 aliphatic rings. The summed E-state index contributed by atoms with van der Waals surface area (Å²) in [5.74, 6) is 0.826. The SMILES string of the molecule is CCC1CCCCC1NCc1c(Cl)c(C)nn1CC. The molecule has 1 aromatic rings. The van der Waals surface area contributed by atoms with Gasteiger partial charge in [-0.2, -0.15) is 5.10 Å². The number of nitrogens with zero attached hydrogens (tertiary/aromatic N) is 2. The molecular weight excluding hydrogens is 258 g/mol. The zero-order chi connectivity index (χ0) is 13.8. The summed E-state index contributed by atoms with van der Waals surface area (Å²) in [5, 5.41) is 9.03. The maximum atomic E-state index is 6.36. The highest BCUT2D eigenvalue weighted by Gasteiger charge is 2.24. The fraction of sp³-hybridized carbons (Fsp3) is 0.800. The van der Waals surface area contributed by atoms with Gasteiger partial charge in [0.25, 0.3) is 0 Å². The molecule has 2 atom stereocenters. The molecule has 0 amide bonds. The van der Waals surface area contributed by atoms with Gasteiger partial charge in [0.05, 0.1) is 16.4 Å². The summed E-state index contributed by atoms with van der Waals surface area (Å²) in [6, 6.07) is 0.648. The Morgan fingerprint density at radius 1 is 1.32 bits per heavy atom. The fourth-order valence-electron chi connectivity index (χ4n) is 3.23. The highest BCUT2D eigenvalue weighted by molar-refractivity contribution is 6.31. The Labute approximate surface area is 121 Å². The van der Waals surface area contributed by atoms with Gasteiger partial charge in [0.2, 0.25) is 0 Å². The second-order valence-electron chi connectivity index (χ2n) is 5.60. The first-order chi connectivity index (χ1) is 9.17. The van der Waals surface area contributed by atoms with Crippen LogP contribution in [0.3, 0.4) is 0 Å². The van der Waals surface area contributed by atoms with E-state index in [2.05, 4.69) is 24.3 Å². The lowest BCUT2D eigenvalue weighted by Gasteiger charge is -2.31. The van der Waals surface area contributed by atoms with Gasteiger partial charge in [-0.3, -0.25) is 4.68 Å². The molecule has 1 aromatic heterocycles. The van der Waals surface area contributed by atoms with Crippen LogP contribution in [0, 0.1) is 12.8 Å². The summed E-state index contributed by atoms with van der Waals surface area (Å²) >= 11 is 6.36. The lowest BCUT2D eigenvalue weighted by molar-refractivity contribution is 0.252. The maximum Gasteiger partial charge on any atom is 0.0860 e. The second-order valence-corrected chi connectivity index (χ2v) is 5.98. The van der Waals surface area contributed by atoms with Crippen LogP contribution in [-0.2, 0) is 13.1 Å². The average Bonchev–Trinajstić information content (AvgIpc) is 2.72. The van der Waals surface area contributed by atoms with Gasteiger partial charge in [-0.05, 0) is 32.6 Å². The molecule has 19 heavy (non-hydrogen) atoms. The van der Waals surface area contributed by atoms with E-state index in [4.69, 9.17) is 11.6 Å². The third-order valence-corrected chi connectivity index (χ3v) is 4.91. The van der Waals surface area contributed by atoms with E-state index < -0.39 is 0 Å². The van der Waals surface area contributed by atoms with Crippen LogP contribution in [0.5, 0.6) is 0 Å². The third-order valence-electron chi connectivity index (χ3n) is 4.42. The molecule has 0 bridgehead atoms. The molecule has 1 heterocycles. The van der Waals surface area contributed by atoms with E-state index in [1.54, 1.807) is 0 Å². The van der Waals surface area contributed by atoms with Gasteiger partial charge in [0.15, 0.2) is 0 Å². The minimum atomic E-state index is 0.648. The zero-order valence-corrected chi connectivity index (χ0v) is 13.1. The molecular formula is C15H26ClN3. The smallest absolute Gasteiger partial charge is 0.0860 e. The molecule has 0 radical (unpaired) electrons. The molecule has 0 spiro atoms. The first-order valence-corrected chi connectivity index (χ1v) is 8.00. The fourth-order valence-corrected chi connectivity index (χ4v) is 3.43. The van der Waals surface area contributed by atoms with Crippen molar-refractivity contribution in [1.29, 1.82) is 0 Å². The molecule has 2 rings (SSSR count). The molecule has 3 nitrogen and oxygen atoms in total. The Hall–Kier alpha value is -0.540. The number of hydrogen-bond donors (Lipinski definition) is 1. The molecule has 0 aromatic carbocycles. The summed E-state index contributed by atoms with van der Waals surface area (Å²) in [6.45, 7) is 8.12. The van der Waals surface area contributed by atoms with Crippen LogP contribution >= 0.6 is 11.6 Å². The summed E-state index contributed by atoms with van der Waals surface area (Å²) < 4.78 is 2.02. The highest BCUT2D eigenvalue weighted by atomic mass is 35.5. The number of aromatic nitrogens is 2. The molecule has 1 N–H and O–H groups in total. The van der Waals surface area contributed by atoms with Gasteiger partial charge in [0, 0.05) is 19.1 Å². The van der Waals surface area contributed by atoms with E-state index >= 15 is 0 Å². The Bertz CT molecular complexity index is 414. The van der Waals surface area contributed by atoms with Crippen LogP contribution in [-0.4, -0.2) is 15.8 Å². The predicted molar refractivity (Wildman–Crippen MR) is 80.5 cm³/mol. The zero-order valence-electron chi connectivity index (χ0n) is 12.4. The van der Waals surface area contributed by atoms with E-state index in [0.29, 0.717) is 6.04 Å². The van der Waals surface area contributed by atoms with Crippen LogP contribution in [0.15, 0.2) is 0 Å². The van der Waals surface area contributed by atoms with E-state index in [-0.39, 0.29) is 0 Å². The summed E-state index contributed by atoms with van der Waals surface area (Å²) in [4.78, 5) is 0. The van der Waals surface area contributed by atoms with Crippen molar-refractivity contribution < 1.29 is 0 Å². The Morgan fingerprint density at radius 2 is 2.05 bits per heavy atom. The monoisotopic (exact) mass is 283 g/mol. The minimum Gasteiger partial charge on any atom is -0.308 e. The lowest BCUT2D eigenvalue weighted by Crippen LogP contribution is -2.38. The Balaban J connectivity index is 2.01. The van der Waals surface area contributed by atoms with Crippen molar-refractivity contribution in [2.24, 2.45) is 5.92 Å². The average molecular weight is 284 g/mol. The molecule has 1 aliphatic carbocycles. The van der Waals surface area contributed by atoms with Gasteiger partial charge in [-0.25, -0.2) is 0 Å². The van der Waals surface area contributed by atoms with Gasteiger partial charge in [0.1, 0.15) is 0 Å². The van der Waals surface area contributed by atoms with Crippen LogP contribution in [0.25, 0.3) is 0 Å². The van der Waals surface area contributed by atoms with Crippen LogP contribution in [0.4, 0.5) is 0 Å². The highest BCUT2D eigenvalue weighted by Crippen LogP contribution is 2.28. The number of aryl methyl sites for hydroxylation is 2. The lowest BCUT2D eigenvalue weighted by atomic mass is 9.83. The van der Waals surface area contributed by atoms with Crippen molar-refractivity contribution in [2.75, 3.05) is 0 Å². The normalized spacial score (nSPS) is 23.8. The first-order valence-electron chi connectivity index (χ1n) is 7.62. The molecule has 0 saturated heterocycles. The molecule has 1 fully saturated rings. The first kappa shape index (κ1) is 14.9. The Kier molecular flexibility index (Phi) is 5.28. The summed E-state index contributed by atoms with van der Waals surface area (Å²) in [5.41, 5.74) is 2.08. The van der Waals surface area contributed by atoms with Crippen molar-refractivity contribution in [1.82, 2.24) is 15.1 Å². The van der Waals surface area contributed by atoms with Crippen molar-refractivity contribution >= 4 is 11.6 Å². The number of nitrogens with one attached hydrogen (secondary N) is 1. The van der Waals surface area contributed by atoms with Crippen molar-refractivity contribution in [3.8, 4) is 0 Å². The Morgan fingerprint density at radius 3 is 2.74 bits per heavy atom. The van der Waals surface area contributed by atoms with Crippen LogP contribution in [0.1, 0.15) is 57.3 Å². The number of hydrogen-bond acceptors (Lipinski definition) is 2. The molecule has 2 unspecified atom stereocenters. The van der Waals surface area contributed by atoms with Crippen molar-refractivity contribution in [3.05, 3.63) is 16.4 Å². The molecule has 0 aliphatic heterocycles. The van der Waals surface area contributed by atoms with E-state index in [9.17, 15) is 0 Å². The van der Waals surface area contributed by atoms with E-state index in [1.165, 1.54) is 32.1 Å². The van der Waals surface area contributed by atoms with E-state index in [1.807, 2.05) is 11.6 Å². The molecule has 108 valence electrons. The number of halogens is 1. The number of rotatable bonds is 5. The second kappa shape index (κ2) is 6.76. The maximum absolute atomic E-state index is 6.36. The van der Waals surface area contributed by atoms with Gasteiger partial charge < -0.3 is 5.32 Å². The quantitative estimate of drug-likeness (QED) is 0.887. The molecule has 4 heteroatoms. The largest absolute Gasteiger partial charge is 0.308 e. The minimum absolute atomic E-state index is 0.648. The van der Waals surface area contributed by atoms with Gasteiger partial charge in [-0.15, -0.1) is 0 Å².